The molecule has 1 aliphatic carbocycles. The van der Waals surface area contributed by atoms with Gasteiger partial charge in [-0.15, -0.1) is 0 Å². The zero-order chi connectivity index (χ0) is 15.3. The lowest BCUT2D eigenvalue weighted by Crippen LogP contribution is -2.52. The van der Waals surface area contributed by atoms with Crippen LogP contribution in [0.3, 0.4) is 0 Å². The van der Waals surface area contributed by atoms with E-state index in [9.17, 15) is 13.2 Å². The highest BCUT2D eigenvalue weighted by Crippen LogP contribution is 2.27. The van der Waals surface area contributed by atoms with Crippen LogP contribution in [-0.2, 0) is 14.6 Å². The van der Waals surface area contributed by atoms with Crippen molar-refractivity contribution in [2.24, 2.45) is 5.73 Å². The predicted molar refractivity (Wildman–Crippen MR) is 81.5 cm³/mol. The SMILES string of the molecule is NC1(C(=O)NCCCS(=O)(=O)c2ccccc2)CCCC1. The molecule has 21 heavy (non-hydrogen) atoms. The number of sulfone groups is 1. The van der Waals surface area contributed by atoms with Gasteiger partial charge in [0.05, 0.1) is 16.2 Å². The fourth-order valence-corrected chi connectivity index (χ4v) is 3.95. The van der Waals surface area contributed by atoms with Crippen molar-refractivity contribution >= 4 is 15.7 Å². The highest BCUT2D eigenvalue weighted by atomic mass is 32.2. The van der Waals surface area contributed by atoms with Gasteiger partial charge >= 0.3 is 0 Å². The van der Waals surface area contributed by atoms with Crippen LogP contribution in [0.5, 0.6) is 0 Å². The van der Waals surface area contributed by atoms with Crippen LogP contribution in [0, 0.1) is 0 Å². The van der Waals surface area contributed by atoms with E-state index in [1.54, 1.807) is 30.3 Å². The molecule has 2 rings (SSSR count). The quantitative estimate of drug-likeness (QED) is 0.774. The highest BCUT2D eigenvalue weighted by Gasteiger charge is 2.36. The van der Waals surface area contributed by atoms with Gasteiger partial charge in [-0.05, 0) is 31.4 Å². The summed E-state index contributed by atoms with van der Waals surface area (Å²) in [5.74, 6) is -0.133. The van der Waals surface area contributed by atoms with Gasteiger partial charge in [-0.2, -0.15) is 0 Å². The average Bonchev–Trinajstić information content (AvgIpc) is 2.92. The predicted octanol–water partition coefficient (Wildman–Crippen LogP) is 1.24. The van der Waals surface area contributed by atoms with Crippen molar-refractivity contribution in [3.8, 4) is 0 Å². The molecule has 1 amide bonds. The second-order valence-corrected chi connectivity index (χ2v) is 7.71. The number of hydrogen-bond acceptors (Lipinski definition) is 4. The van der Waals surface area contributed by atoms with Crippen molar-refractivity contribution in [2.45, 2.75) is 42.5 Å². The largest absolute Gasteiger partial charge is 0.354 e. The second kappa shape index (κ2) is 6.58. The van der Waals surface area contributed by atoms with Gasteiger partial charge in [0, 0.05) is 6.54 Å². The Bertz CT molecular complexity index is 578. The van der Waals surface area contributed by atoms with E-state index < -0.39 is 15.4 Å². The lowest BCUT2D eigenvalue weighted by atomic mass is 9.98. The Labute approximate surface area is 125 Å². The molecule has 0 atom stereocenters. The van der Waals surface area contributed by atoms with Crippen LogP contribution in [0.4, 0.5) is 0 Å². The molecule has 0 unspecified atom stereocenters. The van der Waals surface area contributed by atoms with Crippen LogP contribution in [-0.4, -0.2) is 32.2 Å². The Morgan fingerprint density at radius 3 is 2.43 bits per heavy atom. The summed E-state index contributed by atoms with van der Waals surface area (Å²) < 4.78 is 24.1. The van der Waals surface area contributed by atoms with Gasteiger partial charge in [-0.1, -0.05) is 31.0 Å². The molecule has 1 aromatic rings. The van der Waals surface area contributed by atoms with Gasteiger partial charge in [0.1, 0.15) is 0 Å². The lowest BCUT2D eigenvalue weighted by molar-refractivity contribution is -0.126. The molecular formula is C15H22N2O3S. The van der Waals surface area contributed by atoms with Gasteiger partial charge in [0.25, 0.3) is 0 Å². The Morgan fingerprint density at radius 2 is 1.81 bits per heavy atom. The molecule has 0 saturated heterocycles. The second-order valence-electron chi connectivity index (χ2n) is 5.60. The van der Waals surface area contributed by atoms with Crippen LogP contribution in [0.1, 0.15) is 32.1 Å². The molecule has 0 heterocycles. The van der Waals surface area contributed by atoms with Gasteiger partial charge in [-0.3, -0.25) is 4.79 Å². The molecule has 1 aliphatic rings. The minimum Gasteiger partial charge on any atom is -0.354 e. The summed E-state index contributed by atoms with van der Waals surface area (Å²) in [7, 11) is -3.28. The van der Waals surface area contributed by atoms with E-state index in [1.807, 2.05) is 0 Å². The van der Waals surface area contributed by atoms with E-state index in [1.165, 1.54) is 0 Å². The summed E-state index contributed by atoms with van der Waals surface area (Å²) >= 11 is 0. The Balaban J connectivity index is 1.78. The third kappa shape index (κ3) is 4.04. The molecular weight excluding hydrogens is 288 g/mol. The van der Waals surface area contributed by atoms with Crippen LogP contribution in [0.2, 0.25) is 0 Å². The summed E-state index contributed by atoms with van der Waals surface area (Å²) in [4.78, 5) is 12.3. The Hall–Kier alpha value is -1.40. The van der Waals surface area contributed by atoms with Crippen LogP contribution >= 0.6 is 0 Å². The molecule has 1 fully saturated rings. The van der Waals surface area contributed by atoms with Gasteiger partial charge in [0.15, 0.2) is 9.84 Å². The topological polar surface area (TPSA) is 89.3 Å². The minimum absolute atomic E-state index is 0.0227. The number of hydrogen-bond donors (Lipinski definition) is 2. The minimum atomic E-state index is -3.28. The molecule has 1 saturated carbocycles. The molecule has 0 aliphatic heterocycles. The number of rotatable bonds is 6. The zero-order valence-corrected chi connectivity index (χ0v) is 12.9. The molecule has 0 radical (unpaired) electrons. The van der Waals surface area contributed by atoms with E-state index in [0.29, 0.717) is 30.7 Å². The smallest absolute Gasteiger partial charge is 0.240 e. The van der Waals surface area contributed by atoms with Crippen molar-refractivity contribution < 1.29 is 13.2 Å². The number of nitrogens with one attached hydrogen (secondary N) is 1. The standard InChI is InChI=1S/C15H22N2O3S/c16-15(9-4-5-10-15)14(18)17-11-6-12-21(19,20)13-7-2-1-3-8-13/h1-3,7-8H,4-6,9-12,16H2,(H,17,18). The normalized spacial score (nSPS) is 17.6. The van der Waals surface area contributed by atoms with Crippen LogP contribution in [0.15, 0.2) is 35.2 Å². The fourth-order valence-electron chi connectivity index (χ4n) is 2.62. The van der Waals surface area contributed by atoms with Crippen LogP contribution < -0.4 is 11.1 Å². The molecule has 0 spiro atoms. The van der Waals surface area contributed by atoms with Gasteiger partial charge in [-0.25, -0.2) is 8.42 Å². The van der Waals surface area contributed by atoms with E-state index in [-0.39, 0.29) is 11.7 Å². The first-order valence-corrected chi connectivity index (χ1v) is 8.94. The van der Waals surface area contributed by atoms with Crippen molar-refractivity contribution in [2.75, 3.05) is 12.3 Å². The third-order valence-corrected chi connectivity index (χ3v) is 5.74. The number of nitrogens with two attached hydrogens (primary N) is 1. The number of amides is 1. The first-order chi connectivity index (χ1) is 9.94. The van der Waals surface area contributed by atoms with E-state index >= 15 is 0 Å². The first kappa shape index (κ1) is 16.0. The molecule has 0 aromatic heterocycles. The number of carbonyl (C=O) groups is 1. The maximum absolute atomic E-state index is 12.1. The molecule has 6 heteroatoms. The lowest BCUT2D eigenvalue weighted by Gasteiger charge is -2.22. The van der Waals surface area contributed by atoms with E-state index in [4.69, 9.17) is 5.73 Å². The van der Waals surface area contributed by atoms with Gasteiger partial charge < -0.3 is 11.1 Å². The highest BCUT2D eigenvalue weighted by molar-refractivity contribution is 7.91. The van der Waals surface area contributed by atoms with Crippen molar-refractivity contribution in [1.82, 2.24) is 5.32 Å². The Kier molecular flexibility index (Phi) is 5.00. The van der Waals surface area contributed by atoms with Crippen molar-refractivity contribution in [1.29, 1.82) is 0 Å². The number of benzene rings is 1. The van der Waals surface area contributed by atoms with Crippen molar-refractivity contribution in [3.05, 3.63) is 30.3 Å². The number of carbonyl (C=O) groups excluding carboxylic acids is 1. The maximum Gasteiger partial charge on any atom is 0.240 e. The zero-order valence-electron chi connectivity index (χ0n) is 12.0. The molecule has 1 aromatic carbocycles. The summed E-state index contributed by atoms with van der Waals surface area (Å²) in [6.45, 7) is 0.337. The van der Waals surface area contributed by atoms with E-state index in [0.717, 1.165) is 12.8 Å². The Morgan fingerprint density at radius 1 is 1.19 bits per heavy atom. The average molecular weight is 310 g/mol. The van der Waals surface area contributed by atoms with E-state index in [2.05, 4.69) is 5.32 Å². The fraction of sp³-hybridized carbons (Fsp3) is 0.533. The first-order valence-electron chi connectivity index (χ1n) is 7.29. The summed E-state index contributed by atoms with van der Waals surface area (Å²) in [5.41, 5.74) is 5.28. The summed E-state index contributed by atoms with van der Waals surface area (Å²) in [6, 6.07) is 8.35. The monoisotopic (exact) mass is 310 g/mol. The molecule has 116 valence electrons. The molecule has 3 N–H and O–H groups in total. The third-order valence-electron chi connectivity index (χ3n) is 3.93. The van der Waals surface area contributed by atoms with Crippen LogP contribution in [0.25, 0.3) is 0 Å². The molecule has 5 nitrogen and oxygen atoms in total. The van der Waals surface area contributed by atoms with Crippen molar-refractivity contribution in [3.63, 3.8) is 0 Å². The molecule has 0 bridgehead atoms. The maximum atomic E-state index is 12.1. The summed E-state index contributed by atoms with van der Waals surface area (Å²) in [6.07, 6.45) is 3.76. The van der Waals surface area contributed by atoms with Gasteiger partial charge in [0.2, 0.25) is 5.91 Å². The summed E-state index contributed by atoms with van der Waals surface area (Å²) in [5, 5.41) is 2.76.